The van der Waals surface area contributed by atoms with Crippen LogP contribution in [0, 0.1) is 37.3 Å². The molecule has 3 aromatic rings. The number of benzene rings is 3. The van der Waals surface area contributed by atoms with Gasteiger partial charge in [0.2, 0.25) is 0 Å². The molecule has 3 rings (SSSR count). The first-order valence-electron chi connectivity index (χ1n) is 9.02. The second-order valence-corrected chi connectivity index (χ2v) is 6.60. The number of anilines is 3. The number of para-hydroxylation sites is 1. The highest BCUT2D eigenvalue weighted by molar-refractivity contribution is 6.04. The number of nitro benzene ring substituents is 3. The third-order valence-corrected chi connectivity index (χ3v) is 4.50. The lowest BCUT2D eigenvalue weighted by molar-refractivity contribution is -0.401. The van der Waals surface area contributed by atoms with Crippen molar-refractivity contribution in [3.63, 3.8) is 0 Å². The Bertz CT molecular complexity index is 1210. The summed E-state index contributed by atoms with van der Waals surface area (Å²) in [5, 5.41) is 39.0. The normalized spacial score (nSPS) is 10.3. The average molecular weight is 437 g/mol. The van der Waals surface area contributed by atoms with E-state index in [4.69, 9.17) is 0 Å². The number of aryl methyl sites for hydroxylation is 1. The largest absolute Gasteiger partial charge is 0.344 e. The minimum atomic E-state index is -0.953. The van der Waals surface area contributed by atoms with Crippen molar-refractivity contribution < 1.29 is 19.6 Å². The number of nitro groups is 3. The van der Waals surface area contributed by atoms with Crippen LogP contribution in [-0.2, 0) is 0 Å². The van der Waals surface area contributed by atoms with E-state index in [-0.39, 0.29) is 11.3 Å². The molecule has 0 aliphatic heterocycles. The molecule has 2 N–H and O–H groups in total. The maximum Gasteiger partial charge on any atom is 0.306 e. The fourth-order valence-corrected chi connectivity index (χ4v) is 2.88. The molecule has 0 saturated heterocycles. The van der Waals surface area contributed by atoms with E-state index in [1.807, 2.05) is 19.1 Å². The molecule has 1 amide bonds. The molecule has 0 saturated carbocycles. The highest BCUT2D eigenvalue weighted by atomic mass is 16.6. The molecule has 0 heterocycles. The monoisotopic (exact) mass is 437 g/mol. The summed E-state index contributed by atoms with van der Waals surface area (Å²) in [7, 11) is 0. The summed E-state index contributed by atoms with van der Waals surface area (Å²) in [6.07, 6.45) is 0. The van der Waals surface area contributed by atoms with Crippen LogP contribution in [-0.4, -0.2) is 20.7 Å². The number of carbonyl (C=O) groups is 1. The third-order valence-electron chi connectivity index (χ3n) is 4.50. The molecular weight excluding hydrogens is 422 g/mol. The zero-order chi connectivity index (χ0) is 23.4. The lowest BCUT2D eigenvalue weighted by Crippen LogP contribution is -2.12. The summed E-state index contributed by atoms with van der Waals surface area (Å²) < 4.78 is 0. The van der Waals surface area contributed by atoms with E-state index < -0.39 is 43.4 Å². The summed E-state index contributed by atoms with van der Waals surface area (Å²) in [5.74, 6) is -0.391. The number of hydrogen-bond acceptors (Lipinski definition) is 8. The summed E-state index contributed by atoms with van der Waals surface area (Å²) in [6.45, 7) is 1.84. The highest BCUT2D eigenvalue weighted by Gasteiger charge is 2.30. The van der Waals surface area contributed by atoms with Gasteiger partial charge in [-0.05, 0) is 42.8 Å². The summed E-state index contributed by atoms with van der Waals surface area (Å²) in [5.41, 5.74) is -0.947. The van der Waals surface area contributed by atoms with Crippen LogP contribution < -0.4 is 10.6 Å². The highest BCUT2D eigenvalue weighted by Crippen LogP contribution is 2.40. The maximum atomic E-state index is 12.5. The Morgan fingerprint density at radius 3 is 1.88 bits per heavy atom. The van der Waals surface area contributed by atoms with E-state index in [9.17, 15) is 35.1 Å². The van der Waals surface area contributed by atoms with Crippen LogP contribution in [0.25, 0.3) is 0 Å². The van der Waals surface area contributed by atoms with Crippen LogP contribution in [0.5, 0.6) is 0 Å². The average Bonchev–Trinajstić information content (AvgIpc) is 2.75. The number of amides is 1. The van der Waals surface area contributed by atoms with Gasteiger partial charge in [0, 0.05) is 16.9 Å². The summed E-state index contributed by atoms with van der Waals surface area (Å²) >= 11 is 0. The van der Waals surface area contributed by atoms with Crippen molar-refractivity contribution in [2.45, 2.75) is 6.92 Å². The first kappa shape index (κ1) is 21.8. The van der Waals surface area contributed by atoms with Gasteiger partial charge >= 0.3 is 11.4 Å². The second kappa shape index (κ2) is 8.87. The molecule has 3 aromatic carbocycles. The smallest absolute Gasteiger partial charge is 0.306 e. The van der Waals surface area contributed by atoms with Crippen molar-refractivity contribution >= 4 is 40.0 Å². The number of rotatable bonds is 7. The molecule has 32 heavy (non-hydrogen) atoms. The molecule has 0 aliphatic rings. The predicted octanol–water partition coefficient (Wildman–Crippen LogP) is 4.72. The molecule has 0 radical (unpaired) electrons. The van der Waals surface area contributed by atoms with Crippen molar-refractivity contribution in [2.75, 3.05) is 10.6 Å². The van der Waals surface area contributed by atoms with Gasteiger partial charge in [0.15, 0.2) is 5.69 Å². The van der Waals surface area contributed by atoms with Crippen LogP contribution in [0.1, 0.15) is 15.9 Å². The number of carbonyl (C=O) groups excluding carboxylic acids is 1. The number of hydrogen-bond donors (Lipinski definition) is 2. The lowest BCUT2D eigenvalue weighted by Gasteiger charge is -2.10. The summed E-state index contributed by atoms with van der Waals surface area (Å²) in [6, 6.07) is 14.1. The Hall–Kier alpha value is -4.87. The molecule has 0 aliphatic carbocycles. The first-order valence-corrected chi connectivity index (χ1v) is 9.02. The minimum Gasteiger partial charge on any atom is -0.344 e. The molecular formula is C20H15N5O7. The van der Waals surface area contributed by atoms with E-state index in [0.29, 0.717) is 17.8 Å². The fourth-order valence-electron chi connectivity index (χ4n) is 2.88. The third kappa shape index (κ3) is 4.64. The van der Waals surface area contributed by atoms with E-state index in [0.717, 1.165) is 5.56 Å². The SMILES string of the molecule is Cc1ccccc1NC(=O)c1ccc(Nc2c([N+](=O)[O-])cc([N+](=O)[O-])cc2[N+](=O)[O-])cc1. The van der Waals surface area contributed by atoms with Crippen LogP contribution in [0.4, 0.5) is 34.1 Å². The molecule has 0 spiro atoms. The Balaban J connectivity index is 1.90. The van der Waals surface area contributed by atoms with Gasteiger partial charge in [-0.25, -0.2) is 0 Å². The van der Waals surface area contributed by atoms with Crippen molar-refractivity contribution in [2.24, 2.45) is 0 Å². The summed E-state index contributed by atoms with van der Waals surface area (Å²) in [4.78, 5) is 43.3. The van der Waals surface area contributed by atoms with Gasteiger partial charge in [0.25, 0.3) is 11.6 Å². The number of non-ortho nitro benzene ring substituents is 1. The molecule has 0 unspecified atom stereocenters. The van der Waals surface area contributed by atoms with Crippen molar-refractivity contribution in [3.8, 4) is 0 Å². The van der Waals surface area contributed by atoms with E-state index >= 15 is 0 Å². The molecule has 0 atom stereocenters. The second-order valence-electron chi connectivity index (χ2n) is 6.60. The van der Waals surface area contributed by atoms with Gasteiger partial charge in [-0.2, -0.15) is 0 Å². The van der Waals surface area contributed by atoms with Gasteiger partial charge < -0.3 is 10.6 Å². The Labute approximate surface area is 179 Å². The van der Waals surface area contributed by atoms with Crippen LogP contribution in [0.15, 0.2) is 60.7 Å². The van der Waals surface area contributed by atoms with Gasteiger partial charge in [0.05, 0.1) is 26.9 Å². The standard InChI is InChI=1S/C20H15N5O7/c1-12-4-2-3-5-16(12)22-20(26)13-6-8-14(9-7-13)21-19-17(24(29)30)10-15(23(27)28)11-18(19)25(31)32/h2-11,21H,1H3,(H,22,26). The van der Waals surface area contributed by atoms with Crippen LogP contribution >= 0.6 is 0 Å². The van der Waals surface area contributed by atoms with Gasteiger partial charge in [0.1, 0.15) is 0 Å². The number of nitrogens with zero attached hydrogens (tertiary/aromatic N) is 3. The molecule has 12 nitrogen and oxygen atoms in total. The molecule has 162 valence electrons. The fraction of sp³-hybridized carbons (Fsp3) is 0.0500. The predicted molar refractivity (Wildman–Crippen MR) is 115 cm³/mol. The Morgan fingerprint density at radius 1 is 0.812 bits per heavy atom. The zero-order valence-electron chi connectivity index (χ0n) is 16.5. The van der Waals surface area contributed by atoms with E-state index in [2.05, 4.69) is 10.6 Å². The minimum absolute atomic E-state index is 0.206. The van der Waals surface area contributed by atoms with Gasteiger partial charge in [-0.1, -0.05) is 18.2 Å². The van der Waals surface area contributed by atoms with Crippen LogP contribution in [0.2, 0.25) is 0 Å². The topological polar surface area (TPSA) is 171 Å². The maximum absolute atomic E-state index is 12.5. The van der Waals surface area contributed by atoms with Crippen molar-refractivity contribution in [3.05, 3.63) is 102 Å². The van der Waals surface area contributed by atoms with E-state index in [1.165, 1.54) is 24.3 Å². The van der Waals surface area contributed by atoms with Crippen LogP contribution in [0.3, 0.4) is 0 Å². The molecule has 0 bridgehead atoms. The Kier molecular flexibility index (Phi) is 6.05. The first-order chi connectivity index (χ1) is 15.2. The molecule has 12 heteroatoms. The lowest BCUT2D eigenvalue weighted by atomic mass is 10.1. The van der Waals surface area contributed by atoms with Crippen molar-refractivity contribution in [1.82, 2.24) is 0 Å². The molecule has 0 fully saturated rings. The van der Waals surface area contributed by atoms with Crippen molar-refractivity contribution in [1.29, 1.82) is 0 Å². The number of nitrogens with one attached hydrogen (secondary N) is 2. The molecule has 0 aromatic heterocycles. The zero-order valence-corrected chi connectivity index (χ0v) is 16.5. The quantitative estimate of drug-likeness (QED) is 0.395. The Morgan fingerprint density at radius 2 is 1.38 bits per heavy atom. The van der Waals surface area contributed by atoms with Gasteiger partial charge in [-0.15, -0.1) is 0 Å². The van der Waals surface area contributed by atoms with Gasteiger partial charge in [-0.3, -0.25) is 35.1 Å². The van der Waals surface area contributed by atoms with E-state index in [1.54, 1.807) is 12.1 Å².